The van der Waals surface area contributed by atoms with Crippen LogP contribution in [0.25, 0.3) is 11.5 Å². The smallest absolute Gasteiger partial charge is 0.270 e. The minimum absolute atomic E-state index is 0.0355. The van der Waals surface area contributed by atoms with Crippen LogP contribution in [0.15, 0.2) is 91.3 Å². The standard InChI is InChI=1S/C41H50FN7O5SSi/c1-29-45-36(39-44-28-49(47-39)27-30-16-19-32(20-17-30)48-55(5,51)52)25-37(46-29)40(50)43-26-31-18-21-35(42)38(24-31)53-22-23-54-56(41(2,3)4,33-12-8-6-9-13-33)34-14-10-7-11-15-34/h6-15,18,21,24-25,28,30,32,48H,16-17,19-20,22-23,26-27H2,1-5H3,(H,43,50). The molecular formula is C41H50FN7O5SSi. The molecular weight excluding hydrogens is 750 g/mol. The maximum atomic E-state index is 15.0. The van der Waals surface area contributed by atoms with Crippen molar-refractivity contribution in [2.75, 3.05) is 19.5 Å². The van der Waals surface area contributed by atoms with E-state index in [9.17, 15) is 17.6 Å². The number of benzene rings is 3. The topological polar surface area (TPSA) is 150 Å². The molecule has 15 heteroatoms. The monoisotopic (exact) mass is 799 g/mol. The van der Waals surface area contributed by atoms with E-state index < -0.39 is 30.1 Å². The summed E-state index contributed by atoms with van der Waals surface area (Å²) in [6.45, 7) is 9.44. The van der Waals surface area contributed by atoms with Gasteiger partial charge in [-0.2, -0.15) is 0 Å². The zero-order valence-corrected chi connectivity index (χ0v) is 34.4. The highest BCUT2D eigenvalue weighted by Gasteiger charge is 2.50. The Morgan fingerprint density at radius 1 is 0.929 bits per heavy atom. The number of aromatic nitrogens is 5. The lowest BCUT2D eigenvalue weighted by Crippen LogP contribution is -2.66. The van der Waals surface area contributed by atoms with Gasteiger partial charge < -0.3 is 14.5 Å². The number of ether oxygens (including phenoxy) is 1. The van der Waals surface area contributed by atoms with E-state index in [1.54, 1.807) is 36.1 Å². The summed E-state index contributed by atoms with van der Waals surface area (Å²) in [5, 5.41) is 9.57. The second-order valence-electron chi connectivity index (χ2n) is 15.4. The number of aryl methyl sites for hydroxylation is 1. The van der Waals surface area contributed by atoms with Gasteiger partial charge in [-0.3, -0.25) is 9.48 Å². The first-order valence-corrected chi connectivity index (χ1v) is 22.7. The van der Waals surface area contributed by atoms with Gasteiger partial charge in [0.2, 0.25) is 10.0 Å². The Balaban J connectivity index is 1.06. The maximum Gasteiger partial charge on any atom is 0.270 e. The van der Waals surface area contributed by atoms with Crippen LogP contribution in [0, 0.1) is 18.7 Å². The SMILES string of the molecule is Cc1nc(C(=O)NCc2ccc(F)c(OCCO[Si](c3ccccc3)(c3ccccc3)C(C)(C)C)c2)cc(-c2ncn(CC3CCC(NS(C)(=O)=O)CC3)n2)n1. The van der Waals surface area contributed by atoms with Gasteiger partial charge >= 0.3 is 0 Å². The van der Waals surface area contributed by atoms with E-state index in [0.717, 1.165) is 36.1 Å². The number of nitrogens with zero attached hydrogens (tertiary/aromatic N) is 5. The largest absolute Gasteiger partial charge is 0.488 e. The van der Waals surface area contributed by atoms with Gasteiger partial charge in [0, 0.05) is 19.1 Å². The summed E-state index contributed by atoms with van der Waals surface area (Å²) in [6, 6.07) is 26.6. The molecule has 12 nitrogen and oxygen atoms in total. The first-order chi connectivity index (χ1) is 26.7. The number of sulfonamides is 1. The Kier molecular flexibility index (Phi) is 12.8. The van der Waals surface area contributed by atoms with Crippen LogP contribution in [0.3, 0.4) is 0 Å². The van der Waals surface area contributed by atoms with Crippen molar-refractivity contribution in [3.8, 4) is 17.3 Å². The van der Waals surface area contributed by atoms with Crippen molar-refractivity contribution < 1.29 is 26.8 Å². The highest BCUT2D eigenvalue weighted by Crippen LogP contribution is 2.36. The van der Waals surface area contributed by atoms with E-state index >= 15 is 0 Å². The molecule has 0 atom stereocenters. The number of amides is 1. The molecule has 2 N–H and O–H groups in total. The van der Waals surface area contributed by atoms with Crippen LogP contribution in [0.2, 0.25) is 5.04 Å². The molecule has 0 unspecified atom stereocenters. The summed E-state index contributed by atoms with van der Waals surface area (Å²) in [7, 11) is -6.00. The molecule has 5 aromatic rings. The van der Waals surface area contributed by atoms with Crippen LogP contribution in [-0.2, 0) is 27.5 Å². The van der Waals surface area contributed by atoms with Crippen molar-refractivity contribution in [3.63, 3.8) is 0 Å². The van der Waals surface area contributed by atoms with E-state index in [-0.39, 0.29) is 42.3 Å². The molecule has 2 aromatic heterocycles. The zero-order chi connectivity index (χ0) is 39.9. The number of nitrogens with one attached hydrogen (secondary N) is 2. The van der Waals surface area contributed by atoms with Crippen LogP contribution < -0.4 is 25.1 Å². The van der Waals surface area contributed by atoms with Gasteiger partial charge in [-0.1, -0.05) is 87.5 Å². The lowest BCUT2D eigenvalue weighted by atomic mass is 9.86. The van der Waals surface area contributed by atoms with E-state index in [0.29, 0.717) is 35.4 Å². The van der Waals surface area contributed by atoms with Crippen molar-refractivity contribution in [2.24, 2.45) is 5.92 Å². The molecule has 0 spiro atoms. The number of hydrogen-bond donors (Lipinski definition) is 2. The van der Waals surface area contributed by atoms with Crippen LogP contribution in [0.4, 0.5) is 4.39 Å². The van der Waals surface area contributed by atoms with Gasteiger partial charge in [-0.05, 0) is 77.7 Å². The minimum atomic E-state index is -3.23. The van der Waals surface area contributed by atoms with E-state index in [1.165, 1.54) is 12.3 Å². The number of carbonyl (C=O) groups is 1. The third-order valence-corrected chi connectivity index (χ3v) is 15.8. The highest BCUT2D eigenvalue weighted by molar-refractivity contribution is 7.88. The Morgan fingerprint density at radius 3 is 2.21 bits per heavy atom. The zero-order valence-electron chi connectivity index (χ0n) is 32.5. The third kappa shape index (κ3) is 10.1. The molecule has 1 fully saturated rings. The summed E-state index contributed by atoms with van der Waals surface area (Å²) in [4.78, 5) is 26.5. The molecule has 1 saturated carbocycles. The first-order valence-electron chi connectivity index (χ1n) is 18.9. The average Bonchev–Trinajstić information content (AvgIpc) is 3.63. The van der Waals surface area contributed by atoms with Crippen molar-refractivity contribution in [1.82, 2.24) is 34.8 Å². The molecule has 6 rings (SSSR count). The van der Waals surface area contributed by atoms with Gasteiger partial charge in [0.05, 0.1) is 12.9 Å². The van der Waals surface area contributed by atoms with Gasteiger partial charge in [0.15, 0.2) is 17.4 Å². The number of hydrogen-bond acceptors (Lipinski definition) is 9. The minimum Gasteiger partial charge on any atom is -0.488 e. The maximum absolute atomic E-state index is 15.0. The van der Waals surface area contributed by atoms with Crippen molar-refractivity contribution in [2.45, 2.75) is 77.5 Å². The summed E-state index contributed by atoms with van der Waals surface area (Å²) in [5.74, 6) is 0.236. The number of halogens is 1. The predicted molar refractivity (Wildman–Crippen MR) is 216 cm³/mol. The molecule has 56 heavy (non-hydrogen) atoms. The Morgan fingerprint density at radius 2 is 1.59 bits per heavy atom. The second kappa shape index (κ2) is 17.5. The van der Waals surface area contributed by atoms with Crippen molar-refractivity contribution in [3.05, 3.63) is 114 Å². The molecule has 0 saturated heterocycles. The van der Waals surface area contributed by atoms with Gasteiger partial charge in [0.1, 0.15) is 30.1 Å². The van der Waals surface area contributed by atoms with Crippen LogP contribution in [0.1, 0.15) is 68.3 Å². The van der Waals surface area contributed by atoms with Crippen LogP contribution in [0.5, 0.6) is 5.75 Å². The fourth-order valence-corrected chi connectivity index (χ4v) is 12.9. The average molecular weight is 800 g/mol. The summed E-state index contributed by atoms with van der Waals surface area (Å²) in [6.07, 6.45) is 6.12. The van der Waals surface area contributed by atoms with Crippen molar-refractivity contribution >= 4 is 34.6 Å². The highest BCUT2D eigenvalue weighted by atomic mass is 32.2. The molecule has 0 bridgehead atoms. The predicted octanol–water partition coefficient (Wildman–Crippen LogP) is 5.18. The molecule has 0 radical (unpaired) electrons. The molecule has 3 aromatic carbocycles. The normalized spacial score (nSPS) is 16.4. The summed E-state index contributed by atoms with van der Waals surface area (Å²) in [5.41, 5.74) is 1.22. The van der Waals surface area contributed by atoms with Gasteiger partial charge in [-0.25, -0.2) is 32.5 Å². The van der Waals surface area contributed by atoms with Crippen LogP contribution >= 0.6 is 0 Å². The summed E-state index contributed by atoms with van der Waals surface area (Å²) < 4.78 is 55.4. The third-order valence-electron chi connectivity index (χ3n) is 10.0. The lowest BCUT2D eigenvalue weighted by molar-refractivity contribution is 0.0945. The molecule has 1 aliphatic carbocycles. The summed E-state index contributed by atoms with van der Waals surface area (Å²) >= 11 is 0. The Labute approximate surface area is 329 Å². The van der Waals surface area contributed by atoms with E-state index in [2.05, 4.69) is 75.1 Å². The molecule has 0 aliphatic heterocycles. The fourth-order valence-electron chi connectivity index (χ4n) is 7.48. The van der Waals surface area contributed by atoms with Crippen molar-refractivity contribution in [1.29, 1.82) is 0 Å². The number of carbonyl (C=O) groups excluding carboxylic acids is 1. The number of rotatable bonds is 15. The first kappa shape index (κ1) is 40.8. The fraction of sp³-hybridized carbons (Fsp3) is 0.390. The van der Waals surface area contributed by atoms with Gasteiger partial charge in [0.25, 0.3) is 14.2 Å². The van der Waals surface area contributed by atoms with Crippen LogP contribution in [-0.4, -0.2) is 72.9 Å². The second-order valence-corrected chi connectivity index (χ2v) is 21.5. The Bertz CT molecular complexity index is 2170. The Hall–Kier alpha value is -4.83. The molecule has 296 valence electrons. The van der Waals surface area contributed by atoms with E-state index in [4.69, 9.17) is 9.16 Å². The van der Waals surface area contributed by atoms with Gasteiger partial charge in [-0.15, -0.1) is 5.10 Å². The quantitative estimate of drug-likeness (QED) is 0.108. The molecule has 1 aliphatic rings. The van der Waals surface area contributed by atoms with E-state index in [1.807, 2.05) is 36.4 Å². The lowest BCUT2D eigenvalue weighted by Gasteiger charge is -2.43. The molecule has 2 heterocycles. The molecule has 1 amide bonds.